The van der Waals surface area contributed by atoms with Crippen molar-refractivity contribution < 1.29 is 20.4 Å². The first kappa shape index (κ1) is 47.0. The molecule has 5 aromatic rings. The maximum Gasteiger partial charge on any atom is 0.165 e. The van der Waals surface area contributed by atoms with Gasteiger partial charge in [0.25, 0.3) is 0 Å². The van der Waals surface area contributed by atoms with Crippen molar-refractivity contribution in [1.82, 2.24) is 10.3 Å². The Hall–Kier alpha value is -7.47. The number of H-pyrrole nitrogens is 1. The second-order valence-electron chi connectivity index (χ2n) is 21.7. The average Bonchev–Trinajstić information content (AvgIpc) is 4.01. The molecule has 3 aliphatic rings. The quantitative estimate of drug-likeness (QED) is 0.0885. The van der Waals surface area contributed by atoms with Gasteiger partial charge in [0.2, 0.25) is 0 Å². The van der Waals surface area contributed by atoms with Crippen molar-refractivity contribution >= 4 is 57.5 Å². The fraction of sp³-hybridized carbons (Fsp3) is 0.304. The Bertz CT molecular complexity index is 3070. The zero-order valence-electron chi connectivity index (χ0n) is 41.0. The molecule has 8 N–H and O–H groups in total. The van der Waals surface area contributed by atoms with Crippen molar-refractivity contribution in [2.24, 2.45) is 46.9 Å². The first-order chi connectivity index (χ1) is 31.8. The number of benzene rings is 4. The fourth-order valence-corrected chi connectivity index (χ4v) is 9.15. The SMILES string of the molecule is CC(C)(C)C1=C(c2ccc(O)cc2)/C(=N/C2=NC(=N\c3[nH]c(/N=C4\N=C(N)C(c5ccc(O)cc5)=C4C(C)(C)C)c(-c4ccc(O)cc4)c3C(C)(C)C)/C(c3ccc(O)cc3)=C2C(C)(C)C)NC1. The van der Waals surface area contributed by atoms with E-state index in [1.54, 1.807) is 48.5 Å². The zero-order chi connectivity index (χ0) is 49.2. The lowest BCUT2D eigenvalue weighted by atomic mass is 9.81. The van der Waals surface area contributed by atoms with E-state index >= 15 is 0 Å². The number of nitrogens with zero attached hydrogens (tertiary/aromatic N) is 5. The minimum atomic E-state index is -0.527. The summed E-state index contributed by atoms with van der Waals surface area (Å²) in [6, 6.07) is 28.2. The molecular formula is C56H62N8O4. The fourth-order valence-electron chi connectivity index (χ4n) is 9.15. The van der Waals surface area contributed by atoms with Crippen LogP contribution in [0.3, 0.4) is 0 Å². The minimum Gasteiger partial charge on any atom is -0.508 e. The largest absolute Gasteiger partial charge is 0.508 e. The Balaban J connectivity index is 1.42. The van der Waals surface area contributed by atoms with Crippen LogP contribution in [0.1, 0.15) is 105 Å². The number of hydrogen-bond acceptors (Lipinski definition) is 8. The second kappa shape index (κ2) is 17.0. The van der Waals surface area contributed by atoms with Gasteiger partial charge in [0.1, 0.15) is 46.3 Å². The van der Waals surface area contributed by atoms with Crippen LogP contribution in [0, 0.1) is 16.2 Å². The van der Waals surface area contributed by atoms with Gasteiger partial charge < -0.3 is 36.5 Å². The lowest BCUT2D eigenvalue weighted by molar-refractivity contribution is 0.474. The molecule has 0 spiro atoms. The molecule has 1 aromatic heterocycles. The van der Waals surface area contributed by atoms with Crippen LogP contribution in [-0.4, -0.2) is 61.1 Å². The van der Waals surface area contributed by atoms with Crippen LogP contribution < -0.4 is 11.1 Å². The second-order valence-corrected chi connectivity index (χ2v) is 21.7. The van der Waals surface area contributed by atoms with E-state index in [9.17, 15) is 20.4 Å². The summed E-state index contributed by atoms with van der Waals surface area (Å²) in [6.45, 7) is 26.2. The predicted molar refractivity (Wildman–Crippen MR) is 279 cm³/mol. The van der Waals surface area contributed by atoms with Gasteiger partial charge in [-0.15, -0.1) is 0 Å². The summed E-state index contributed by atoms with van der Waals surface area (Å²) in [7, 11) is 0. The van der Waals surface area contributed by atoms with Gasteiger partial charge in [0, 0.05) is 45.5 Å². The van der Waals surface area contributed by atoms with E-state index in [1.165, 1.54) is 5.57 Å². The maximum absolute atomic E-state index is 10.5. The number of nitrogens with one attached hydrogen (secondary N) is 2. The third kappa shape index (κ3) is 9.15. The van der Waals surface area contributed by atoms with Crippen molar-refractivity contribution in [2.45, 2.75) is 88.5 Å². The van der Waals surface area contributed by atoms with Gasteiger partial charge in [-0.3, -0.25) is 0 Å². The highest BCUT2D eigenvalue weighted by molar-refractivity contribution is 6.40. The Morgan fingerprint density at radius 2 is 0.912 bits per heavy atom. The Morgan fingerprint density at radius 1 is 0.471 bits per heavy atom. The van der Waals surface area contributed by atoms with E-state index in [0.717, 1.165) is 61.2 Å². The molecular weight excluding hydrogens is 849 g/mol. The minimum absolute atomic E-state index is 0.127. The van der Waals surface area contributed by atoms with Gasteiger partial charge in [-0.1, -0.05) is 132 Å². The summed E-state index contributed by atoms with van der Waals surface area (Å²) >= 11 is 0. The molecule has 12 heteroatoms. The van der Waals surface area contributed by atoms with Crippen molar-refractivity contribution in [3.05, 3.63) is 136 Å². The standard InChI is InChI=1S/C56H62N8O4/c1-53(2,3)38-29-58-47(39(38)30-13-21-34(65)22-14-30)60-51-44(55(7,8)9)41(32-17-25-36(67)26-18-32)49(62-51)64-52-45(56(10,11)12)42(33-19-27-37(68)28-20-33)48(63-52)61-50-43(54(4,5)6)40(46(57)59-50)31-15-23-35(66)24-16-31/h13-28,63,65-68H,29H2,1-12H3,(H2,57,59,61)(H,58,60,62,64). The molecule has 0 saturated carbocycles. The van der Waals surface area contributed by atoms with E-state index in [-0.39, 0.29) is 28.4 Å². The summed E-state index contributed by atoms with van der Waals surface area (Å²) in [5.41, 5.74) is 15.4. The van der Waals surface area contributed by atoms with Crippen LogP contribution in [0.25, 0.3) is 27.8 Å². The van der Waals surface area contributed by atoms with Crippen molar-refractivity contribution in [2.75, 3.05) is 6.54 Å². The van der Waals surface area contributed by atoms with Gasteiger partial charge in [0.15, 0.2) is 17.5 Å². The molecule has 0 unspecified atom stereocenters. The molecule has 4 heterocycles. The highest BCUT2D eigenvalue weighted by atomic mass is 16.3. The molecule has 350 valence electrons. The van der Waals surface area contributed by atoms with E-state index in [0.29, 0.717) is 47.4 Å². The van der Waals surface area contributed by atoms with Gasteiger partial charge >= 0.3 is 0 Å². The Kier molecular flexibility index (Phi) is 11.8. The number of aliphatic imine (C=N–C) groups is 5. The van der Waals surface area contributed by atoms with Crippen LogP contribution in [0.15, 0.2) is 139 Å². The maximum atomic E-state index is 10.5. The topological polar surface area (TPSA) is 197 Å². The summed E-state index contributed by atoms with van der Waals surface area (Å²) in [5, 5.41) is 45.0. The molecule has 3 aliphatic heterocycles. The molecule has 12 nitrogen and oxygen atoms in total. The first-order valence-corrected chi connectivity index (χ1v) is 22.9. The van der Waals surface area contributed by atoms with Crippen molar-refractivity contribution in [1.29, 1.82) is 0 Å². The molecule has 0 atom stereocenters. The van der Waals surface area contributed by atoms with Gasteiger partial charge in [-0.2, -0.15) is 0 Å². The normalized spacial score (nSPS) is 17.9. The van der Waals surface area contributed by atoms with Crippen LogP contribution in [0.2, 0.25) is 0 Å². The monoisotopic (exact) mass is 910 g/mol. The summed E-state index contributed by atoms with van der Waals surface area (Å²) in [5.74, 6) is 3.93. The van der Waals surface area contributed by atoms with Gasteiger partial charge in [-0.25, -0.2) is 25.0 Å². The molecule has 0 saturated heterocycles. The van der Waals surface area contributed by atoms with Crippen LogP contribution >= 0.6 is 0 Å². The number of phenols is 4. The number of aromatic nitrogens is 1. The molecule has 4 aromatic carbocycles. The zero-order valence-corrected chi connectivity index (χ0v) is 41.0. The first-order valence-electron chi connectivity index (χ1n) is 22.9. The van der Waals surface area contributed by atoms with Gasteiger partial charge in [-0.05, 0) is 98.0 Å². The Morgan fingerprint density at radius 3 is 1.37 bits per heavy atom. The molecule has 68 heavy (non-hydrogen) atoms. The predicted octanol–water partition coefficient (Wildman–Crippen LogP) is 12.1. The summed E-state index contributed by atoms with van der Waals surface area (Å²) in [4.78, 5) is 30.1. The van der Waals surface area contributed by atoms with Crippen LogP contribution in [0.4, 0.5) is 11.6 Å². The number of hydrogen-bond donors (Lipinski definition) is 7. The number of phenolic OH excluding ortho intramolecular Hbond substituents is 4. The molecule has 0 fully saturated rings. The summed E-state index contributed by atoms with van der Waals surface area (Å²) in [6.07, 6.45) is 0. The third-order valence-corrected chi connectivity index (χ3v) is 12.2. The lowest BCUT2D eigenvalue weighted by Crippen LogP contribution is -2.23. The number of amidine groups is 5. The molecule has 0 radical (unpaired) electrons. The smallest absolute Gasteiger partial charge is 0.165 e. The number of nitrogens with two attached hydrogens (primary N) is 1. The molecule has 0 amide bonds. The van der Waals surface area contributed by atoms with Crippen LogP contribution in [0.5, 0.6) is 23.0 Å². The third-order valence-electron chi connectivity index (χ3n) is 12.2. The average molecular weight is 911 g/mol. The van der Waals surface area contributed by atoms with Crippen LogP contribution in [-0.2, 0) is 5.41 Å². The highest BCUT2D eigenvalue weighted by Gasteiger charge is 2.39. The highest BCUT2D eigenvalue weighted by Crippen LogP contribution is 2.49. The molecule has 0 aliphatic carbocycles. The van der Waals surface area contributed by atoms with E-state index in [1.807, 2.05) is 48.5 Å². The number of aromatic amines is 1. The molecule has 0 bridgehead atoms. The van der Waals surface area contributed by atoms with E-state index < -0.39 is 16.2 Å². The van der Waals surface area contributed by atoms with Gasteiger partial charge in [0.05, 0.1) is 0 Å². The Labute approximate surface area is 399 Å². The van der Waals surface area contributed by atoms with Crippen molar-refractivity contribution in [3.63, 3.8) is 0 Å². The molecule has 8 rings (SSSR count). The number of rotatable bonds is 6. The number of aromatic hydroxyl groups is 4. The van der Waals surface area contributed by atoms with E-state index in [2.05, 4.69) is 93.4 Å². The lowest BCUT2D eigenvalue weighted by Gasteiger charge is -2.23. The van der Waals surface area contributed by atoms with Crippen molar-refractivity contribution in [3.8, 4) is 34.1 Å². The van der Waals surface area contributed by atoms with E-state index in [4.69, 9.17) is 30.7 Å². The summed E-state index contributed by atoms with van der Waals surface area (Å²) < 4.78 is 0.